The summed E-state index contributed by atoms with van der Waals surface area (Å²) in [5.74, 6) is 0.137. The van der Waals surface area contributed by atoms with Gasteiger partial charge in [-0.05, 0) is 6.42 Å². The van der Waals surface area contributed by atoms with Crippen LogP contribution < -0.4 is 0 Å². The lowest BCUT2D eigenvalue weighted by molar-refractivity contribution is -0.128. The van der Waals surface area contributed by atoms with Crippen molar-refractivity contribution in [3.8, 4) is 0 Å². The van der Waals surface area contributed by atoms with Crippen molar-refractivity contribution in [1.29, 1.82) is 0 Å². The van der Waals surface area contributed by atoms with Crippen molar-refractivity contribution in [3.05, 3.63) is 18.2 Å². The normalized spacial score (nSPS) is 10.3. The molecule has 0 spiro atoms. The minimum absolute atomic E-state index is 0.0381. The molecule has 0 aliphatic heterocycles. The molecule has 5 heteroatoms. The number of aromatic nitrogens is 2. The molecule has 1 rings (SSSR count). The summed E-state index contributed by atoms with van der Waals surface area (Å²) < 4.78 is 1.88. The van der Waals surface area contributed by atoms with E-state index in [0.717, 1.165) is 13.0 Å². The summed E-state index contributed by atoms with van der Waals surface area (Å²) in [7, 11) is 3.51. The number of aliphatic hydroxyl groups excluding tert-OH is 1. The molecule has 15 heavy (non-hydrogen) atoms. The van der Waals surface area contributed by atoms with E-state index in [2.05, 4.69) is 4.98 Å². The van der Waals surface area contributed by atoms with E-state index in [1.807, 2.05) is 4.57 Å². The summed E-state index contributed by atoms with van der Waals surface area (Å²) in [5.41, 5.74) is 0.661. The van der Waals surface area contributed by atoms with Crippen LogP contribution in [0.1, 0.15) is 18.5 Å². The van der Waals surface area contributed by atoms with Gasteiger partial charge >= 0.3 is 0 Å². The highest BCUT2D eigenvalue weighted by Crippen LogP contribution is 2.00. The molecule has 84 valence electrons. The van der Waals surface area contributed by atoms with Crippen LogP contribution in [0.15, 0.2) is 12.5 Å². The fourth-order valence-corrected chi connectivity index (χ4v) is 1.25. The smallest absolute Gasteiger partial charge is 0.222 e. The van der Waals surface area contributed by atoms with Crippen molar-refractivity contribution in [3.63, 3.8) is 0 Å². The molecule has 1 amide bonds. The molecule has 0 fully saturated rings. The van der Waals surface area contributed by atoms with Crippen LogP contribution in [-0.4, -0.2) is 39.6 Å². The second-order valence-corrected chi connectivity index (χ2v) is 3.65. The van der Waals surface area contributed by atoms with Gasteiger partial charge in [0.15, 0.2) is 0 Å². The molecule has 5 nitrogen and oxygen atoms in total. The third kappa shape index (κ3) is 3.71. The summed E-state index contributed by atoms with van der Waals surface area (Å²) in [6.45, 7) is 0.718. The fraction of sp³-hybridized carbons (Fsp3) is 0.600. The second-order valence-electron chi connectivity index (χ2n) is 3.65. The number of imidazole rings is 1. The standard InChI is InChI=1S/C10H17N3O2/c1-12(2)10(15)4-3-5-13-6-9(7-14)11-8-13/h6,8,14H,3-5,7H2,1-2H3. The average molecular weight is 211 g/mol. The number of rotatable bonds is 5. The minimum atomic E-state index is -0.0381. The number of aliphatic hydroxyl groups is 1. The number of hydrogen-bond donors (Lipinski definition) is 1. The van der Waals surface area contributed by atoms with Gasteiger partial charge < -0.3 is 14.6 Å². The van der Waals surface area contributed by atoms with Gasteiger partial charge in [0.1, 0.15) is 0 Å². The Morgan fingerprint density at radius 2 is 2.33 bits per heavy atom. The second kappa shape index (κ2) is 5.50. The largest absolute Gasteiger partial charge is 0.390 e. The molecule has 1 aromatic heterocycles. The highest BCUT2D eigenvalue weighted by Gasteiger charge is 2.03. The van der Waals surface area contributed by atoms with Crippen LogP contribution in [0.4, 0.5) is 0 Å². The maximum absolute atomic E-state index is 11.3. The summed E-state index contributed by atoms with van der Waals surface area (Å²) in [5, 5.41) is 8.80. The Morgan fingerprint density at radius 1 is 1.60 bits per heavy atom. The van der Waals surface area contributed by atoms with Gasteiger partial charge in [-0.1, -0.05) is 0 Å². The fourth-order valence-electron chi connectivity index (χ4n) is 1.25. The van der Waals surface area contributed by atoms with Crippen LogP contribution in [0.5, 0.6) is 0 Å². The molecule has 0 aliphatic rings. The van der Waals surface area contributed by atoms with E-state index in [1.165, 1.54) is 0 Å². The molecule has 0 aromatic carbocycles. The van der Waals surface area contributed by atoms with Crippen molar-refractivity contribution < 1.29 is 9.90 Å². The first-order valence-electron chi connectivity index (χ1n) is 4.95. The van der Waals surface area contributed by atoms with Crippen LogP contribution in [-0.2, 0) is 17.9 Å². The summed E-state index contributed by atoms with van der Waals surface area (Å²) >= 11 is 0. The van der Waals surface area contributed by atoms with Gasteiger partial charge in [-0.2, -0.15) is 0 Å². The quantitative estimate of drug-likeness (QED) is 0.759. The van der Waals surface area contributed by atoms with Crippen LogP contribution >= 0.6 is 0 Å². The number of hydrogen-bond acceptors (Lipinski definition) is 3. The number of amides is 1. The maximum Gasteiger partial charge on any atom is 0.222 e. The minimum Gasteiger partial charge on any atom is -0.390 e. The molecule has 0 unspecified atom stereocenters. The third-order valence-corrected chi connectivity index (χ3v) is 2.15. The van der Waals surface area contributed by atoms with Crippen molar-refractivity contribution >= 4 is 5.91 Å². The van der Waals surface area contributed by atoms with Gasteiger partial charge in [0.2, 0.25) is 5.91 Å². The van der Waals surface area contributed by atoms with Gasteiger partial charge in [-0.25, -0.2) is 4.98 Å². The Labute approximate surface area is 89.3 Å². The topological polar surface area (TPSA) is 58.4 Å². The lowest BCUT2D eigenvalue weighted by Gasteiger charge is -2.09. The van der Waals surface area contributed by atoms with E-state index in [0.29, 0.717) is 12.1 Å². The van der Waals surface area contributed by atoms with E-state index in [1.54, 1.807) is 31.5 Å². The SMILES string of the molecule is CN(C)C(=O)CCCn1cnc(CO)c1. The molecular formula is C10H17N3O2. The maximum atomic E-state index is 11.3. The average Bonchev–Trinajstić information content (AvgIpc) is 2.65. The predicted octanol–water partition coefficient (Wildman–Crippen LogP) is 0.244. The van der Waals surface area contributed by atoms with Crippen molar-refractivity contribution in [2.24, 2.45) is 0 Å². The van der Waals surface area contributed by atoms with E-state index in [-0.39, 0.29) is 12.5 Å². The Bertz CT molecular complexity index is 320. The zero-order chi connectivity index (χ0) is 11.3. The van der Waals surface area contributed by atoms with E-state index < -0.39 is 0 Å². The zero-order valence-electron chi connectivity index (χ0n) is 9.18. The zero-order valence-corrected chi connectivity index (χ0v) is 9.18. The van der Waals surface area contributed by atoms with E-state index in [9.17, 15) is 4.79 Å². The summed E-state index contributed by atoms with van der Waals surface area (Å²) in [4.78, 5) is 16.8. The Morgan fingerprint density at radius 3 is 2.87 bits per heavy atom. The first-order valence-corrected chi connectivity index (χ1v) is 4.95. The Balaban J connectivity index is 2.28. The molecule has 1 N–H and O–H groups in total. The van der Waals surface area contributed by atoms with Gasteiger partial charge in [0, 0.05) is 33.3 Å². The van der Waals surface area contributed by atoms with Crippen molar-refractivity contribution in [2.45, 2.75) is 26.0 Å². The van der Waals surface area contributed by atoms with Crippen molar-refractivity contribution in [2.75, 3.05) is 14.1 Å². The molecule has 0 atom stereocenters. The first kappa shape index (κ1) is 11.7. The molecular weight excluding hydrogens is 194 g/mol. The Hall–Kier alpha value is -1.36. The van der Waals surface area contributed by atoms with Gasteiger partial charge in [-0.15, -0.1) is 0 Å². The Kier molecular flexibility index (Phi) is 4.30. The first-order chi connectivity index (χ1) is 7.13. The van der Waals surface area contributed by atoms with Crippen LogP contribution in [0.25, 0.3) is 0 Å². The molecule has 0 aliphatic carbocycles. The third-order valence-electron chi connectivity index (χ3n) is 2.15. The number of aryl methyl sites for hydroxylation is 1. The number of carbonyl (C=O) groups is 1. The predicted molar refractivity (Wildman–Crippen MR) is 56.1 cm³/mol. The van der Waals surface area contributed by atoms with Crippen LogP contribution in [0, 0.1) is 0 Å². The molecule has 0 saturated carbocycles. The monoisotopic (exact) mass is 211 g/mol. The summed E-state index contributed by atoms with van der Waals surface area (Å²) in [6, 6.07) is 0. The molecule has 0 bridgehead atoms. The van der Waals surface area contributed by atoms with E-state index >= 15 is 0 Å². The van der Waals surface area contributed by atoms with Gasteiger partial charge in [0.05, 0.1) is 18.6 Å². The van der Waals surface area contributed by atoms with Crippen molar-refractivity contribution in [1.82, 2.24) is 14.5 Å². The highest BCUT2D eigenvalue weighted by atomic mass is 16.3. The van der Waals surface area contributed by atoms with Crippen LogP contribution in [0.2, 0.25) is 0 Å². The van der Waals surface area contributed by atoms with Gasteiger partial charge in [0.25, 0.3) is 0 Å². The highest BCUT2D eigenvalue weighted by molar-refractivity contribution is 5.75. The molecule has 1 heterocycles. The molecule has 1 aromatic rings. The summed E-state index contributed by atoms with van der Waals surface area (Å²) in [6.07, 6.45) is 4.80. The molecule has 0 radical (unpaired) electrons. The van der Waals surface area contributed by atoms with E-state index in [4.69, 9.17) is 5.11 Å². The lowest BCUT2D eigenvalue weighted by Crippen LogP contribution is -2.21. The number of nitrogens with zero attached hydrogens (tertiary/aromatic N) is 3. The van der Waals surface area contributed by atoms with Crippen LogP contribution in [0.3, 0.4) is 0 Å². The molecule has 0 saturated heterocycles. The number of carbonyl (C=O) groups excluding carboxylic acids is 1. The van der Waals surface area contributed by atoms with Gasteiger partial charge in [-0.3, -0.25) is 4.79 Å². The lowest BCUT2D eigenvalue weighted by atomic mass is 10.3.